The summed E-state index contributed by atoms with van der Waals surface area (Å²) in [5, 5.41) is 15.6. The van der Waals surface area contributed by atoms with Gasteiger partial charge in [-0.2, -0.15) is 0 Å². The van der Waals surface area contributed by atoms with Crippen LogP contribution in [-0.2, 0) is 9.59 Å². The van der Waals surface area contributed by atoms with Gasteiger partial charge in [0.15, 0.2) is 11.8 Å². The van der Waals surface area contributed by atoms with Crippen molar-refractivity contribution in [2.24, 2.45) is 0 Å². The number of carboxylic acids is 1. The van der Waals surface area contributed by atoms with Gasteiger partial charge in [-0.3, -0.25) is 9.59 Å². The molecular formula is C23H26N3O6+. The van der Waals surface area contributed by atoms with Crippen LogP contribution in [0.1, 0.15) is 17.5 Å². The number of carbonyl (C=O) groups excluding carboxylic acids is 1. The molecule has 0 bridgehead atoms. The molecule has 0 saturated carbocycles. The van der Waals surface area contributed by atoms with Crippen LogP contribution in [0, 0.1) is 13.8 Å². The summed E-state index contributed by atoms with van der Waals surface area (Å²) in [5.41, 5.74) is 8.34. The number of hydrogen-bond donors (Lipinski definition) is 3. The van der Waals surface area contributed by atoms with Crippen LogP contribution in [0.15, 0.2) is 41.1 Å². The van der Waals surface area contributed by atoms with Crippen molar-refractivity contribution in [2.45, 2.75) is 26.3 Å². The normalized spacial score (nSPS) is 11.7. The first kappa shape index (κ1) is 22.8. The number of aromatic nitrogens is 1. The summed E-state index contributed by atoms with van der Waals surface area (Å²) >= 11 is 0. The number of nitrogens with one attached hydrogen (secondary N) is 1. The van der Waals surface area contributed by atoms with Crippen LogP contribution >= 0.6 is 0 Å². The first-order valence-corrected chi connectivity index (χ1v) is 9.89. The second-order valence-electron chi connectivity index (χ2n) is 7.39. The Labute approximate surface area is 185 Å². The molecule has 1 aromatic heterocycles. The van der Waals surface area contributed by atoms with Gasteiger partial charge in [0.05, 0.1) is 26.1 Å². The van der Waals surface area contributed by atoms with Gasteiger partial charge in [0.25, 0.3) is 5.91 Å². The molecule has 32 heavy (non-hydrogen) atoms. The van der Waals surface area contributed by atoms with E-state index in [4.69, 9.17) is 19.1 Å². The van der Waals surface area contributed by atoms with Crippen molar-refractivity contribution in [1.29, 1.82) is 0 Å². The molecule has 3 aromatic rings. The number of carboxylic acid groups (broad SMARTS) is 1. The van der Waals surface area contributed by atoms with E-state index in [0.717, 1.165) is 28.0 Å². The van der Waals surface area contributed by atoms with E-state index in [2.05, 4.69) is 16.2 Å². The third-order valence-corrected chi connectivity index (χ3v) is 5.23. The van der Waals surface area contributed by atoms with Crippen molar-refractivity contribution in [3.8, 4) is 33.9 Å². The quantitative estimate of drug-likeness (QED) is 0.489. The van der Waals surface area contributed by atoms with Crippen molar-refractivity contribution in [3.05, 3.63) is 47.7 Å². The van der Waals surface area contributed by atoms with Gasteiger partial charge in [-0.15, -0.1) is 0 Å². The number of aliphatic carboxylic acids is 1. The SMILES string of the molecule is COc1ccc(-c2cnoc2-c2cc(C)c(C)c(OC)c2)cc1NC(=O)C([NH3+])CC(=O)O. The van der Waals surface area contributed by atoms with Crippen LogP contribution in [0.5, 0.6) is 11.5 Å². The number of amides is 1. The Hall–Kier alpha value is -3.85. The maximum absolute atomic E-state index is 12.4. The third-order valence-electron chi connectivity index (χ3n) is 5.23. The average Bonchev–Trinajstić information content (AvgIpc) is 3.25. The highest BCUT2D eigenvalue weighted by Crippen LogP contribution is 2.38. The van der Waals surface area contributed by atoms with Gasteiger partial charge in [-0.25, -0.2) is 0 Å². The molecule has 0 aliphatic heterocycles. The molecule has 9 nitrogen and oxygen atoms in total. The van der Waals surface area contributed by atoms with Gasteiger partial charge in [0.2, 0.25) is 0 Å². The van der Waals surface area contributed by atoms with Gasteiger partial charge in [-0.1, -0.05) is 11.2 Å². The fourth-order valence-corrected chi connectivity index (χ4v) is 3.33. The van der Waals surface area contributed by atoms with Crippen molar-refractivity contribution in [2.75, 3.05) is 19.5 Å². The van der Waals surface area contributed by atoms with Crippen molar-refractivity contribution in [1.82, 2.24) is 5.16 Å². The number of quaternary nitrogens is 1. The molecule has 9 heteroatoms. The fraction of sp³-hybridized carbons (Fsp3) is 0.261. The number of hydrogen-bond acceptors (Lipinski definition) is 6. The number of benzene rings is 2. The second kappa shape index (κ2) is 9.52. The smallest absolute Gasteiger partial charge is 0.309 e. The van der Waals surface area contributed by atoms with Crippen LogP contribution in [0.4, 0.5) is 5.69 Å². The molecule has 5 N–H and O–H groups in total. The van der Waals surface area contributed by atoms with E-state index in [1.807, 2.05) is 32.0 Å². The predicted molar refractivity (Wildman–Crippen MR) is 118 cm³/mol. The summed E-state index contributed by atoms with van der Waals surface area (Å²) in [5.74, 6) is 0.0984. The molecule has 1 atom stereocenters. The number of rotatable bonds is 8. The number of methoxy groups -OCH3 is 2. The molecule has 1 heterocycles. The molecule has 0 radical (unpaired) electrons. The number of nitrogens with zero attached hydrogens (tertiary/aromatic N) is 1. The highest BCUT2D eigenvalue weighted by molar-refractivity contribution is 5.97. The Balaban J connectivity index is 2.00. The Morgan fingerprint density at radius 3 is 2.50 bits per heavy atom. The molecule has 168 valence electrons. The van der Waals surface area contributed by atoms with Gasteiger partial charge in [-0.05, 0) is 54.8 Å². The highest BCUT2D eigenvalue weighted by Gasteiger charge is 2.23. The Morgan fingerprint density at radius 1 is 1.12 bits per heavy atom. The summed E-state index contributed by atoms with van der Waals surface area (Å²) in [4.78, 5) is 23.3. The number of carbonyl (C=O) groups is 2. The van der Waals surface area contributed by atoms with E-state index >= 15 is 0 Å². The van der Waals surface area contributed by atoms with E-state index in [1.54, 1.807) is 25.4 Å². The zero-order valence-corrected chi connectivity index (χ0v) is 18.4. The van der Waals surface area contributed by atoms with Gasteiger partial charge < -0.3 is 30.2 Å². The van der Waals surface area contributed by atoms with Crippen LogP contribution in [0.3, 0.4) is 0 Å². The molecular weight excluding hydrogens is 414 g/mol. The molecule has 3 rings (SSSR count). The summed E-state index contributed by atoms with van der Waals surface area (Å²) in [7, 11) is 3.10. The Bertz CT molecular complexity index is 1150. The summed E-state index contributed by atoms with van der Waals surface area (Å²) in [6.45, 7) is 3.97. The standard InChI is InChI=1S/C23H25N3O6/c1-12-7-15(9-20(31-4)13(12)2)22-16(11-25-32-22)14-5-6-19(30-3)18(8-14)26-23(29)17(24)10-21(27)28/h5-9,11,17H,10,24H2,1-4H3,(H,26,29)(H,27,28)/p+1. The molecule has 0 spiro atoms. The minimum absolute atomic E-state index is 0.377. The lowest BCUT2D eigenvalue weighted by atomic mass is 9.98. The molecule has 1 amide bonds. The topological polar surface area (TPSA) is 139 Å². The van der Waals surface area contributed by atoms with Gasteiger partial charge in [0, 0.05) is 11.1 Å². The fourth-order valence-electron chi connectivity index (χ4n) is 3.33. The lowest BCUT2D eigenvalue weighted by molar-refractivity contribution is -0.401. The average molecular weight is 440 g/mol. The van der Waals surface area contributed by atoms with E-state index in [-0.39, 0.29) is 6.42 Å². The maximum atomic E-state index is 12.4. The van der Waals surface area contributed by atoms with E-state index < -0.39 is 17.9 Å². The summed E-state index contributed by atoms with van der Waals surface area (Å²) in [6, 6.07) is 8.18. The molecule has 0 fully saturated rings. The van der Waals surface area contributed by atoms with Crippen molar-refractivity contribution < 1.29 is 34.4 Å². The van der Waals surface area contributed by atoms with Crippen LogP contribution < -0.4 is 20.5 Å². The second-order valence-corrected chi connectivity index (χ2v) is 7.39. The Morgan fingerprint density at radius 2 is 1.84 bits per heavy atom. The van der Waals surface area contributed by atoms with Crippen LogP contribution in [0.2, 0.25) is 0 Å². The monoisotopic (exact) mass is 440 g/mol. The highest BCUT2D eigenvalue weighted by atomic mass is 16.5. The largest absolute Gasteiger partial charge is 0.496 e. The lowest BCUT2D eigenvalue weighted by Crippen LogP contribution is -2.66. The molecule has 2 aromatic carbocycles. The molecule has 1 unspecified atom stereocenters. The zero-order chi connectivity index (χ0) is 23.4. The predicted octanol–water partition coefficient (Wildman–Crippen LogP) is 2.67. The molecule has 0 aliphatic rings. The first-order valence-electron chi connectivity index (χ1n) is 9.89. The van der Waals surface area contributed by atoms with Crippen molar-refractivity contribution >= 4 is 17.6 Å². The van der Waals surface area contributed by atoms with Crippen LogP contribution in [-0.4, -0.2) is 42.4 Å². The molecule has 0 saturated heterocycles. The summed E-state index contributed by atoms with van der Waals surface area (Å²) < 4.78 is 16.4. The van der Waals surface area contributed by atoms with E-state index in [0.29, 0.717) is 22.8 Å². The maximum Gasteiger partial charge on any atom is 0.309 e. The van der Waals surface area contributed by atoms with Gasteiger partial charge in [0.1, 0.15) is 17.9 Å². The third kappa shape index (κ3) is 4.73. The van der Waals surface area contributed by atoms with Gasteiger partial charge >= 0.3 is 5.97 Å². The molecule has 0 aliphatic carbocycles. The Kier molecular flexibility index (Phi) is 6.79. The van der Waals surface area contributed by atoms with Crippen LogP contribution in [0.25, 0.3) is 22.5 Å². The minimum Gasteiger partial charge on any atom is -0.496 e. The van der Waals surface area contributed by atoms with Crippen molar-refractivity contribution in [3.63, 3.8) is 0 Å². The van der Waals surface area contributed by atoms with E-state index in [9.17, 15) is 9.59 Å². The first-order chi connectivity index (χ1) is 15.2. The number of aryl methyl sites for hydroxylation is 1. The van der Waals surface area contributed by atoms with E-state index in [1.165, 1.54) is 7.11 Å². The lowest BCUT2D eigenvalue weighted by Gasteiger charge is -2.14. The zero-order valence-electron chi connectivity index (χ0n) is 18.4. The minimum atomic E-state index is -1.10. The summed E-state index contributed by atoms with van der Waals surface area (Å²) in [6.07, 6.45) is 1.22. The number of anilines is 1. The number of ether oxygens (including phenoxy) is 2.